The van der Waals surface area contributed by atoms with E-state index >= 15 is 0 Å². The number of likely N-dealkylation sites (tertiary alicyclic amines) is 1. The van der Waals surface area contributed by atoms with Crippen LogP contribution in [0, 0.1) is 0 Å². The van der Waals surface area contributed by atoms with Crippen LogP contribution in [0.3, 0.4) is 0 Å². The second-order valence-electron chi connectivity index (χ2n) is 6.71. The number of hydrogen-bond acceptors (Lipinski definition) is 3. The molecule has 0 bridgehead atoms. The van der Waals surface area contributed by atoms with Crippen molar-refractivity contribution in [3.63, 3.8) is 0 Å². The van der Waals surface area contributed by atoms with Gasteiger partial charge in [-0.2, -0.15) is 0 Å². The predicted octanol–water partition coefficient (Wildman–Crippen LogP) is 3.36. The lowest BCUT2D eigenvalue weighted by Crippen LogP contribution is -2.42. The Kier molecular flexibility index (Phi) is 6.41. The second kappa shape index (κ2) is 8.97. The molecule has 1 saturated heterocycles. The van der Waals surface area contributed by atoms with E-state index in [1.54, 1.807) is 0 Å². The van der Waals surface area contributed by atoms with Crippen molar-refractivity contribution in [2.24, 2.45) is 0 Å². The molecule has 1 aliphatic heterocycles. The Hall–Kier alpha value is -1.68. The molecule has 0 spiro atoms. The quantitative estimate of drug-likeness (QED) is 0.820. The molecule has 0 amide bonds. The molecule has 1 fully saturated rings. The molecule has 2 aromatic rings. The first-order valence-electron chi connectivity index (χ1n) is 9.04. The van der Waals surface area contributed by atoms with Gasteiger partial charge in [-0.25, -0.2) is 0 Å². The van der Waals surface area contributed by atoms with E-state index in [4.69, 9.17) is 0 Å². The zero-order valence-electron chi connectivity index (χ0n) is 14.3. The van der Waals surface area contributed by atoms with Gasteiger partial charge < -0.3 is 10.4 Å². The van der Waals surface area contributed by atoms with Gasteiger partial charge in [0.15, 0.2) is 0 Å². The molecule has 0 unspecified atom stereocenters. The van der Waals surface area contributed by atoms with Crippen molar-refractivity contribution in [1.82, 2.24) is 10.2 Å². The van der Waals surface area contributed by atoms with Crippen LogP contribution in [0.2, 0.25) is 0 Å². The lowest BCUT2D eigenvalue weighted by atomic mass is 10.0. The molecule has 128 valence electrons. The Morgan fingerprint density at radius 3 is 2.25 bits per heavy atom. The zero-order chi connectivity index (χ0) is 16.6. The molecule has 0 radical (unpaired) electrons. The second-order valence-corrected chi connectivity index (χ2v) is 6.71. The molecular weight excluding hydrogens is 296 g/mol. The largest absolute Gasteiger partial charge is 0.388 e. The highest BCUT2D eigenvalue weighted by Crippen LogP contribution is 2.17. The van der Waals surface area contributed by atoms with E-state index in [2.05, 4.69) is 40.5 Å². The van der Waals surface area contributed by atoms with Crippen LogP contribution in [-0.4, -0.2) is 35.7 Å². The molecule has 2 N–H and O–H groups in total. The third-order valence-electron chi connectivity index (χ3n) is 4.87. The van der Waals surface area contributed by atoms with Crippen LogP contribution < -0.4 is 5.32 Å². The van der Waals surface area contributed by atoms with Gasteiger partial charge in [0.2, 0.25) is 0 Å². The van der Waals surface area contributed by atoms with E-state index in [9.17, 15) is 5.11 Å². The molecule has 1 heterocycles. The summed E-state index contributed by atoms with van der Waals surface area (Å²) in [6.07, 6.45) is 2.79. The van der Waals surface area contributed by atoms with Gasteiger partial charge in [-0.1, -0.05) is 60.7 Å². The fraction of sp³-hybridized carbons (Fsp3) is 0.429. The summed E-state index contributed by atoms with van der Waals surface area (Å²) in [5, 5.41) is 13.8. The average molecular weight is 324 g/mol. The normalized spacial score (nSPS) is 17.7. The minimum atomic E-state index is -0.364. The molecule has 1 aliphatic rings. The number of nitrogens with zero attached hydrogens (tertiary/aromatic N) is 1. The molecule has 3 heteroatoms. The summed E-state index contributed by atoms with van der Waals surface area (Å²) in [6.45, 7) is 4.22. The van der Waals surface area contributed by atoms with Crippen LogP contribution in [0.4, 0.5) is 0 Å². The number of rotatable bonds is 7. The number of benzene rings is 2. The standard InChI is InChI=1S/C21H28N2O/c24-21(19-9-5-2-6-10-19)11-14-22-20-12-15-23(16-13-20)17-18-7-3-1-4-8-18/h1-10,20-22,24H,11-17H2/t21-/m1/s1. The SMILES string of the molecule is O[C@H](CCNC1CCN(Cc2ccccc2)CC1)c1ccccc1. The summed E-state index contributed by atoms with van der Waals surface area (Å²) in [7, 11) is 0. The number of nitrogens with one attached hydrogen (secondary N) is 1. The Bertz CT molecular complexity index is 579. The van der Waals surface area contributed by atoms with Crippen molar-refractivity contribution >= 4 is 0 Å². The van der Waals surface area contributed by atoms with Crippen LogP contribution in [0.5, 0.6) is 0 Å². The number of piperidine rings is 1. The van der Waals surface area contributed by atoms with Gasteiger partial charge in [0.25, 0.3) is 0 Å². The number of aliphatic hydroxyl groups excluding tert-OH is 1. The van der Waals surface area contributed by atoms with Gasteiger partial charge in [-0.3, -0.25) is 4.90 Å². The molecule has 2 aromatic carbocycles. The van der Waals surface area contributed by atoms with Crippen LogP contribution in [0.15, 0.2) is 60.7 Å². The average Bonchev–Trinajstić information content (AvgIpc) is 2.65. The molecule has 24 heavy (non-hydrogen) atoms. The van der Waals surface area contributed by atoms with Gasteiger partial charge in [0.05, 0.1) is 6.10 Å². The van der Waals surface area contributed by atoms with E-state index in [0.717, 1.165) is 38.2 Å². The third-order valence-corrected chi connectivity index (χ3v) is 4.87. The molecule has 0 aromatic heterocycles. The Morgan fingerprint density at radius 1 is 0.958 bits per heavy atom. The molecule has 1 atom stereocenters. The maximum atomic E-state index is 10.2. The van der Waals surface area contributed by atoms with Crippen molar-refractivity contribution in [3.8, 4) is 0 Å². The van der Waals surface area contributed by atoms with Crippen LogP contribution in [-0.2, 0) is 6.54 Å². The summed E-state index contributed by atoms with van der Waals surface area (Å²) in [4.78, 5) is 2.53. The van der Waals surface area contributed by atoms with Crippen LogP contribution >= 0.6 is 0 Å². The van der Waals surface area contributed by atoms with Gasteiger partial charge in [0.1, 0.15) is 0 Å². The van der Waals surface area contributed by atoms with E-state index in [1.807, 2.05) is 30.3 Å². The van der Waals surface area contributed by atoms with E-state index < -0.39 is 0 Å². The lowest BCUT2D eigenvalue weighted by Gasteiger charge is -2.32. The van der Waals surface area contributed by atoms with Crippen molar-refractivity contribution < 1.29 is 5.11 Å². The highest BCUT2D eigenvalue weighted by atomic mass is 16.3. The minimum Gasteiger partial charge on any atom is -0.388 e. The molecule has 0 saturated carbocycles. The summed E-state index contributed by atoms with van der Waals surface area (Å²) in [5.74, 6) is 0. The Morgan fingerprint density at radius 2 is 1.58 bits per heavy atom. The van der Waals surface area contributed by atoms with Gasteiger partial charge >= 0.3 is 0 Å². The molecular formula is C21H28N2O. The molecule has 3 rings (SSSR count). The van der Waals surface area contributed by atoms with Gasteiger partial charge in [-0.05, 0) is 50.0 Å². The first kappa shape index (κ1) is 17.2. The molecule has 0 aliphatic carbocycles. The first-order valence-corrected chi connectivity index (χ1v) is 9.04. The fourth-order valence-electron chi connectivity index (χ4n) is 3.40. The maximum absolute atomic E-state index is 10.2. The van der Waals surface area contributed by atoms with Crippen molar-refractivity contribution in [2.45, 2.75) is 38.0 Å². The Balaban J connectivity index is 1.34. The Labute approximate surface area is 145 Å². The highest BCUT2D eigenvalue weighted by molar-refractivity contribution is 5.17. The summed E-state index contributed by atoms with van der Waals surface area (Å²) < 4.78 is 0. The fourth-order valence-corrected chi connectivity index (χ4v) is 3.40. The lowest BCUT2D eigenvalue weighted by molar-refractivity contribution is 0.157. The van der Waals surface area contributed by atoms with Gasteiger partial charge in [-0.15, -0.1) is 0 Å². The molecule has 3 nitrogen and oxygen atoms in total. The third kappa shape index (κ3) is 5.17. The maximum Gasteiger partial charge on any atom is 0.0802 e. The van der Waals surface area contributed by atoms with Crippen LogP contribution in [0.25, 0.3) is 0 Å². The van der Waals surface area contributed by atoms with E-state index in [0.29, 0.717) is 6.04 Å². The van der Waals surface area contributed by atoms with E-state index in [-0.39, 0.29) is 6.10 Å². The highest BCUT2D eigenvalue weighted by Gasteiger charge is 2.19. The summed E-state index contributed by atoms with van der Waals surface area (Å²) >= 11 is 0. The van der Waals surface area contributed by atoms with Gasteiger partial charge in [0, 0.05) is 12.6 Å². The van der Waals surface area contributed by atoms with Crippen molar-refractivity contribution in [2.75, 3.05) is 19.6 Å². The van der Waals surface area contributed by atoms with E-state index in [1.165, 1.54) is 18.4 Å². The smallest absolute Gasteiger partial charge is 0.0802 e. The zero-order valence-corrected chi connectivity index (χ0v) is 14.3. The minimum absolute atomic E-state index is 0.364. The number of hydrogen-bond donors (Lipinski definition) is 2. The monoisotopic (exact) mass is 324 g/mol. The van der Waals surface area contributed by atoms with Crippen LogP contribution in [0.1, 0.15) is 36.5 Å². The van der Waals surface area contributed by atoms with Crippen molar-refractivity contribution in [1.29, 1.82) is 0 Å². The topological polar surface area (TPSA) is 35.5 Å². The summed E-state index contributed by atoms with van der Waals surface area (Å²) in [6, 6.07) is 21.2. The number of aliphatic hydroxyl groups is 1. The van der Waals surface area contributed by atoms with Crippen molar-refractivity contribution in [3.05, 3.63) is 71.8 Å². The first-order chi connectivity index (χ1) is 11.8. The predicted molar refractivity (Wildman–Crippen MR) is 98.8 cm³/mol. The summed E-state index contributed by atoms with van der Waals surface area (Å²) in [5.41, 5.74) is 2.41.